The van der Waals surface area contributed by atoms with Gasteiger partial charge >= 0.3 is 5.97 Å². The smallest absolute Gasteiger partial charge is 0.310 e. The summed E-state index contributed by atoms with van der Waals surface area (Å²) in [6.07, 6.45) is 1.19. The van der Waals surface area contributed by atoms with E-state index in [0.29, 0.717) is 36.0 Å². The largest absolute Gasteiger partial charge is 0.491 e. The Morgan fingerprint density at radius 3 is 2.18 bits per heavy atom. The molecule has 0 aliphatic carbocycles. The van der Waals surface area contributed by atoms with Gasteiger partial charge in [-0.15, -0.1) is 0 Å². The highest BCUT2D eigenvalue weighted by molar-refractivity contribution is 7.90. The van der Waals surface area contributed by atoms with Crippen LogP contribution in [0.3, 0.4) is 0 Å². The van der Waals surface area contributed by atoms with Crippen LogP contribution in [-0.2, 0) is 37.1 Å². The van der Waals surface area contributed by atoms with E-state index in [9.17, 15) is 13.2 Å². The van der Waals surface area contributed by atoms with E-state index in [1.165, 1.54) is 12.1 Å². The zero-order valence-electron chi connectivity index (χ0n) is 18.5. The van der Waals surface area contributed by atoms with Crippen molar-refractivity contribution in [1.82, 2.24) is 0 Å². The Bertz CT molecular complexity index is 1160. The van der Waals surface area contributed by atoms with Crippen LogP contribution in [0.1, 0.15) is 11.1 Å². The maximum Gasteiger partial charge on any atom is 0.310 e. The van der Waals surface area contributed by atoms with E-state index in [2.05, 4.69) is 0 Å². The molecule has 0 heterocycles. The van der Waals surface area contributed by atoms with Crippen LogP contribution < -0.4 is 9.47 Å². The average Bonchev–Trinajstić information content (AvgIpc) is 2.78. The van der Waals surface area contributed by atoms with Crippen molar-refractivity contribution in [1.29, 1.82) is 0 Å². The molecule has 174 valence electrons. The lowest BCUT2D eigenvalue weighted by Crippen LogP contribution is -2.09. The van der Waals surface area contributed by atoms with E-state index >= 15 is 0 Å². The zero-order valence-corrected chi connectivity index (χ0v) is 19.3. The molecule has 0 saturated heterocycles. The summed E-state index contributed by atoms with van der Waals surface area (Å²) in [5, 5.41) is 0. The summed E-state index contributed by atoms with van der Waals surface area (Å²) in [6, 6.07) is 20.7. The molecule has 0 saturated carbocycles. The Morgan fingerprint density at radius 2 is 1.52 bits per heavy atom. The standard InChI is InChI=1S/C25H26O7S/c1-29-12-13-30-22-14-20(16-25(26)31-18-19-6-4-3-5-7-19)15-23(17-22)32-21-8-10-24(11-9-21)33(2,27)28/h3-11,14-15,17H,12-13,16,18H2,1-2H3. The summed E-state index contributed by atoms with van der Waals surface area (Å²) in [5.41, 5.74) is 1.56. The number of ether oxygens (including phenoxy) is 4. The number of hydrogen-bond acceptors (Lipinski definition) is 7. The van der Waals surface area contributed by atoms with Crippen LogP contribution in [0.4, 0.5) is 0 Å². The Kier molecular flexibility index (Phi) is 8.46. The molecule has 7 nitrogen and oxygen atoms in total. The highest BCUT2D eigenvalue weighted by Crippen LogP contribution is 2.29. The van der Waals surface area contributed by atoms with Crippen molar-refractivity contribution in [2.75, 3.05) is 26.6 Å². The first kappa shape index (κ1) is 24.3. The third-order valence-corrected chi connectivity index (χ3v) is 5.70. The predicted molar refractivity (Wildman–Crippen MR) is 123 cm³/mol. The maximum absolute atomic E-state index is 12.4. The molecule has 33 heavy (non-hydrogen) atoms. The van der Waals surface area contributed by atoms with Gasteiger partial charge in [-0.3, -0.25) is 4.79 Å². The van der Waals surface area contributed by atoms with Crippen molar-refractivity contribution in [3.8, 4) is 17.2 Å². The highest BCUT2D eigenvalue weighted by atomic mass is 32.2. The molecule has 3 aromatic rings. The van der Waals surface area contributed by atoms with Gasteiger partial charge in [0.1, 0.15) is 30.5 Å². The minimum absolute atomic E-state index is 0.0394. The lowest BCUT2D eigenvalue weighted by molar-refractivity contribution is -0.144. The molecular formula is C25H26O7S. The van der Waals surface area contributed by atoms with Gasteiger partial charge in [-0.2, -0.15) is 0 Å². The van der Waals surface area contributed by atoms with E-state index in [-0.39, 0.29) is 23.9 Å². The molecule has 0 fully saturated rings. The van der Waals surface area contributed by atoms with Gasteiger partial charge < -0.3 is 18.9 Å². The number of benzene rings is 3. The fourth-order valence-electron chi connectivity index (χ4n) is 2.96. The molecule has 0 unspecified atom stereocenters. The molecule has 0 atom stereocenters. The summed E-state index contributed by atoms with van der Waals surface area (Å²) < 4.78 is 45.3. The minimum atomic E-state index is -3.30. The summed E-state index contributed by atoms with van der Waals surface area (Å²) in [5.74, 6) is 1.04. The summed E-state index contributed by atoms with van der Waals surface area (Å²) in [4.78, 5) is 12.6. The normalized spacial score (nSPS) is 11.1. The van der Waals surface area contributed by atoms with Gasteiger partial charge in [0.05, 0.1) is 17.9 Å². The molecule has 0 amide bonds. The van der Waals surface area contributed by atoms with Gasteiger partial charge in [0, 0.05) is 19.4 Å². The zero-order chi connectivity index (χ0) is 23.7. The quantitative estimate of drug-likeness (QED) is 0.307. The van der Waals surface area contributed by atoms with Crippen molar-refractivity contribution in [3.63, 3.8) is 0 Å². The number of esters is 1. The van der Waals surface area contributed by atoms with Crippen molar-refractivity contribution >= 4 is 15.8 Å². The van der Waals surface area contributed by atoms with E-state index in [0.717, 1.165) is 11.8 Å². The van der Waals surface area contributed by atoms with Gasteiger partial charge in [-0.25, -0.2) is 8.42 Å². The summed E-state index contributed by atoms with van der Waals surface area (Å²) in [7, 11) is -1.72. The monoisotopic (exact) mass is 470 g/mol. The van der Waals surface area contributed by atoms with Crippen LogP contribution in [-0.4, -0.2) is 41.0 Å². The first-order valence-electron chi connectivity index (χ1n) is 10.3. The number of carbonyl (C=O) groups is 1. The fraction of sp³-hybridized carbons (Fsp3) is 0.240. The van der Waals surface area contributed by atoms with Crippen LogP contribution in [0.15, 0.2) is 77.7 Å². The number of carbonyl (C=O) groups excluding carboxylic acids is 1. The van der Waals surface area contributed by atoms with E-state index in [1.807, 2.05) is 30.3 Å². The first-order chi connectivity index (χ1) is 15.8. The van der Waals surface area contributed by atoms with Gasteiger partial charge in [-0.05, 0) is 47.5 Å². The second-order valence-corrected chi connectivity index (χ2v) is 9.34. The summed E-state index contributed by atoms with van der Waals surface area (Å²) >= 11 is 0. The molecule has 0 aliphatic heterocycles. The SMILES string of the molecule is COCCOc1cc(CC(=O)OCc2ccccc2)cc(Oc2ccc(S(C)(=O)=O)cc2)c1. The molecule has 0 aromatic heterocycles. The second kappa shape index (κ2) is 11.5. The molecule has 0 spiro atoms. The van der Waals surface area contributed by atoms with Gasteiger partial charge in [0.25, 0.3) is 0 Å². The second-order valence-electron chi connectivity index (χ2n) is 7.32. The molecule has 0 aliphatic rings. The minimum Gasteiger partial charge on any atom is -0.491 e. The first-order valence-corrected chi connectivity index (χ1v) is 12.2. The number of rotatable bonds is 11. The third-order valence-electron chi connectivity index (χ3n) is 4.57. The van der Waals surface area contributed by atoms with Gasteiger partial charge in [0.2, 0.25) is 0 Å². The Balaban J connectivity index is 1.73. The summed E-state index contributed by atoms with van der Waals surface area (Å²) in [6.45, 7) is 0.938. The van der Waals surface area contributed by atoms with Crippen LogP contribution in [0.5, 0.6) is 17.2 Å². The van der Waals surface area contributed by atoms with Crippen molar-refractivity contribution in [3.05, 3.63) is 83.9 Å². The number of sulfone groups is 1. The van der Waals surface area contributed by atoms with Crippen LogP contribution in [0.25, 0.3) is 0 Å². The average molecular weight is 471 g/mol. The molecule has 3 aromatic carbocycles. The lowest BCUT2D eigenvalue weighted by Gasteiger charge is -2.12. The van der Waals surface area contributed by atoms with Crippen LogP contribution in [0, 0.1) is 0 Å². The van der Waals surface area contributed by atoms with Crippen molar-refractivity contribution < 1.29 is 32.2 Å². The molecule has 0 bridgehead atoms. The lowest BCUT2D eigenvalue weighted by atomic mass is 10.1. The van der Waals surface area contributed by atoms with Crippen molar-refractivity contribution in [2.45, 2.75) is 17.9 Å². The molecule has 0 radical (unpaired) electrons. The van der Waals surface area contributed by atoms with E-state index in [4.69, 9.17) is 18.9 Å². The highest BCUT2D eigenvalue weighted by Gasteiger charge is 2.11. The van der Waals surface area contributed by atoms with Crippen LogP contribution >= 0.6 is 0 Å². The number of hydrogen-bond donors (Lipinski definition) is 0. The molecule has 3 rings (SSSR count). The maximum atomic E-state index is 12.4. The molecule has 0 N–H and O–H groups in total. The Morgan fingerprint density at radius 1 is 0.818 bits per heavy atom. The Hall–Kier alpha value is -3.36. The predicted octanol–water partition coefficient (Wildman–Crippen LogP) is 4.19. The number of methoxy groups -OCH3 is 1. The van der Waals surface area contributed by atoms with Gasteiger partial charge in [-0.1, -0.05) is 30.3 Å². The molecular weight excluding hydrogens is 444 g/mol. The molecule has 8 heteroatoms. The van der Waals surface area contributed by atoms with E-state index < -0.39 is 9.84 Å². The topological polar surface area (TPSA) is 88.1 Å². The van der Waals surface area contributed by atoms with E-state index in [1.54, 1.807) is 37.4 Å². The third kappa shape index (κ3) is 7.93. The van der Waals surface area contributed by atoms with Crippen molar-refractivity contribution in [2.24, 2.45) is 0 Å². The van der Waals surface area contributed by atoms with Gasteiger partial charge in [0.15, 0.2) is 9.84 Å². The Labute approximate surface area is 193 Å². The van der Waals surface area contributed by atoms with Crippen LogP contribution in [0.2, 0.25) is 0 Å². The fourth-order valence-corrected chi connectivity index (χ4v) is 3.60.